The van der Waals surface area contributed by atoms with Crippen LogP contribution in [0.3, 0.4) is 0 Å². The molecule has 3 aliphatic rings. The minimum absolute atomic E-state index is 0.0895. The second-order valence-corrected chi connectivity index (χ2v) is 13.3. The molecule has 5 rings (SSSR count). The molecule has 306 valence electrons. The van der Waals surface area contributed by atoms with Crippen molar-refractivity contribution in [2.24, 2.45) is 0 Å². The van der Waals surface area contributed by atoms with E-state index in [1.165, 1.54) is 43.3 Å². The Bertz CT molecular complexity index is 1610. The van der Waals surface area contributed by atoms with Crippen molar-refractivity contribution in [2.45, 2.75) is 105 Å². The minimum Gasteiger partial charge on any atom is -0.504 e. The number of hydrogen-bond donors (Lipinski definition) is 12. The highest BCUT2D eigenvalue weighted by atomic mass is 16.8. The van der Waals surface area contributed by atoms with Crippen molar-refractivity contribution >= 4 is 12.0 Å². The molecule has 2 aromatic carbocycles. The summed E-state index contributed by atoms with van der Waals surface area (Å²) in [5.74, 6) is -2.73. The molecule has 0 radical (unpaired) electrons. The molecular formula is C35H46O20. The molecule has 15 atom stereocenters. The number of carbonyl (C=O) groups is 1. The van der Waals surface area contributed by atoms with Gasteiger partial charge < -0.3 is 94.4 Å². The van der Waals surface area contributed by atoms with Crippen molar-refractivity contribution in [3.8, 4) is 23.0 Å². The number of carbonyl (C=O) groups excluding carboxylic acids is 1. The Balaban J connectivity index is 1.43. The first-order chi connectivity index (χ1) is 26.1. The number of ether oxygens (including phenoxy) is 7. The molecule has 0 bridgehead atoms. The molecule has 0 aliphatic carbocycles. The Hall–Kier alpha value is -3.71. The Kier molecular flexibility index (Phi) is 14.3. The number of rotatable bonds is 13. The predicted octanol–water partition coefficient (Wildman–Crippen LogP) is -3.19. The number of phenols is 4. The lowest BCUT2D eigenvalue weighted by atomic mass is 9.97. The first kappa shape index (κ1) is 42.4. The molecule has 20 nitrogen and oxygen atoms in total. The largest absolute Gasteiger partial charge is 0.504 e. The normalized spacial score (nSPS) is 36.9. The number of aliphatic hydroxyl groups is 8. The van der Waals surface area contributed by atoms with E-state index in [1.807, 2.05) is 0 Å². The van der Waals surface area contributed by atoms with Gasteiger partial charge in [0, 0.05) is 6.08 Å². The molecule has 55 heavy (non-hydrogen) atoms. The number of phenolic OH excluding ortho intramolecular Hbond substituents is 4. The molecule has 0 saturated carbocycles. The maximum atomic E-state index is 13.3. The first-order valence-corrected chi connectivity index (χ1v) is 17.2. The molecule has 0 amide bonds. The maximum Gasteiger partial charge on any atom is 0.331 e. The summed E-state index contributed by atoms with van der Waals surface area (Å²) in [6, 6.07) is 7.74. The van der Waals surface area contributed by atoms with Crippen LogP contribution >= 0.6 is 0 Å². The van der Waals surface area contributed by atoms with E-state index in [1.54, 1.807) is 0 Å². The molecule has 3 saturated heterocycles. The van der Waals surface area contributed by atoms with Gasteiger partial charge in [-0.3, -0.25) is 0 Å². The topological polar surface area (TPSA) is 324 Å². The van der Waals surface area contributed by atoms with Crippen molar-refractivity contribution in [1.82, 2.24) is 0 Å². The summed E-state index contributed by atoms with van der Waals surface area (Å²) in [6.07, 6.45) is -22.4. The van der Waals surface area contributed by atoms with Crippen LogP contribution in [0.2, 0.25) is 0 Å². The highest BCUT2D eigenvalue weighted by molar-refractivity contribution is 5.87. The summed E-state index contributed by atoms with van der Waals surface area (Å²) in [5, 5.41) is 123. The monoisotopic (exact) mass is 786 g/mol. The van der Waals surface area contributed by atoms with Crippen LogP contribution in [-0.2, 0) is 44.4 Å². The van der Waals surface area contributed by atoms with Gasteiger partial charge in [-0.2, -0.15) is 0 Å². The zero-order valence-corrected chi connectivity index (χ0v) is 29.2. The fraction of sp³-hybridized carbons (Fsp3) is 0.571. The summed E-state index contributed by atoms with van der Waals surface area (Å²) in [6.45, 7) is -0.236. The van der Waals surface area contributed by atoms with Crippen LogP contribution in [0.4, 0.5) is 0 Å². The zero-order valence-electron chi connectivity index (χ0n) is 29.2. The lowest BCUT2D eigenvalue weighted by molar-refractivity contribution is -0.370. The van der Waals surface area contributed by atoms with Gasteiger partial charge >= 0.3 is 5.97 Å². The van der Waals surface area contributed by atoms with Gasteiger partial charge in [-0.15, -0.1) is 0 Å². The van der Waals surface area contributed by atoms with E-state index < -0.39 is 129 Å². The number of esters is 1. The van der Waals surface area contributed by atoms with Gasteiger partial charge in [0.25, 0.3) is 0 Å². The van der Waals surface area contributed by atoms with Crippen LogP contribution < -0.4 is 0 Å². The molecule has 3 fully saturated rings. The molecule has 0 aromatic heterocycles. The summed E-state index contributed by atoms with van der Waals surface area (Å²) in [5.41, 5.74) is 0.761. The summed E-state index contributed by atoms with van der Waals surface area (Å²) in [7, 11) is 0. The number of aliphatic hydroxyl groups excluding tert-OH is 8. The standard InChI is InChI=1S/C35H46O20/c1-14-24(42)27(45)30(48)34(51-14)55-32-31(54-23(41)7-4-15-2-5-17(37)19(39)10-15)26(44)22(13-50-33-29(47)28(46)25(43)21(12-36)52-33)53-35(32)49-9-8-16-3-6-18(38)20(40)11-16/h2-7,10-11,14,21-22,24-40,42-48H,8-9,12-13H2,1H3. The lowest BCUT2D eigenvalue weighted by Gasteiger charge is -2.47. The average molecular weight is 787 g/mol. The van der Waals surface area contributed by atoms with Gasteiger partial charge in [0.1, 0.15) is 54.9 Å². The van der Waals surface area contributed by atoms with Gasteiger partial charge in [0.05, 0.1) is 25.9 Å². The Morgan fingerprint density at radius 2 is 1.31 bits per heavy atom. The third kappa shape index (κ3) is 10.0. The smallest absolute Gasteiger partial charge is 0.331 e. The summed E-state index contributed by atoms with van der Waals surface area (Å²) >= 11 is 0. The third-order valence-electron chi connectivity index (χ3n) is 9.37. The maximum absolute atomic E-state index is 13.3. The lowest BCUT2D eigenvalue weighted by Crippen LogP contribution is -2.65. The van der Waals surface area contributed by atoms with Gasteiger partial charge in [0.2, 0.25) is 0 Å². The number of aromatic hydroxyl groups is 4. The minimum atomic E-state index is -1.87. The van der Waals surface area contributed by atoms with E-state index in [0.717, 1.165) is 12.1 Å². The van der Waals surface area contributed by atoms with E-state index in [-0.39, 0.29) is 24.3 Å². The summed E-state index contributed by atoms with van der Waals surface area (Å²) < 4.78 is 40.2. The van der Waals surface area contributed by atoms with Gasteiger partial charge in [-0.25, -0.2) is 4.79 Å². The zero-order chi connectivity index (χ0) is 40.1. The van der Waals surface area contributed by atoms with E-state index in [4.69, 9.17) is 33.2 Å². The number of hydrogen-bond acceptors (Lipinski definition) is 20. The molecular weight excluding hydrogens is 740 g/mol. The average Bonchev–Trinajstić information content (AvgIpc) is 3.16. The summed E-state index contributed by atoms with van der Waals surface area (Å²) in [4.78, 5) is 13.3. The van der Waals surface area contributed by atoms with Crippen LogP contribution in [0, 0.1) is 0 Å². The molecule has 3 aliphatic heterocycles. The quantitative estimate of drug-likeness (QED) is 0.0541. The van der Waals surface area contributed by atoms with Crippen LogP contribution in [0.25, 0.3) is 6.08 Å². The highest BCUT2D eigenvalue weighted by Crippen LogP contribution is 2.33. The first-order valence-electron chi connectivity index (χ1n) is 17.2. The molecule has 12 N–H and O–H groups in total. The fourth-order valence-electron chi connectivity index (χ4n) is 6.12. The van der Waals surface area contributed by atoms with Crippen molar-refractivity contribution in [3.05, 3.63) is 53.6 Å². The van der Waals surface area contributed by atoms with Crippen LogP contribution in [0.1, 0.15) is 18.1 Å². The molecule has 0 spiro atoms. The Morgan fingerprint density at radius 3 is 1.98 bits per heavy atom. The Morgan fingerprint density at radius 1 is 0.673 bits per heavy atom. The van der Waals surface area contributed by atoms with E-state index in [0.29, 0.717) is 5.56 Å². The van der Waals surface area contributed by atoms with Crippen LogP contribution in [0.15, 0.2) is 42.5 Å². The van der Waals surface area contributed by atoms with Crippen LogP contribution in [-0.4, -0.2) is 179 Å². The Labute approximate surface area is 313 Å². The van der Waals surface area contributed by atoms with E-state index >= 15 is 0 Å². The second-order valence-electron chi connectivity index (χ2n) is 13.3. The molecule has 15 unspecified atom stereocenters. The van der Waals surface area contributed by atoms with Gasteiger partial charge in [-0.1, -0.05) is 12.1 Å². The van der Waals surface area contributed by atoms with Gasteiger partial charge in [-0.05, 0) is 54.8 Å². The number of benzene rings is 2. The molecule has 2 aromatic rings. The van der Waals surface area contributed by atoms with Crippen LogP contribution in [0.5, 0.6) is 23.0 Å². The fourth-order valence-corrected chi connectivity index (χ4v) is 6.12. The molecule has 3 heterocycles. The van der Waals surface area contributed by atoms with Crippen molar-refractivity contribution in [3.63, 3.8) is 0 Å². The predicted molar refractivity (Wildman–Crippen MR) is 180 cm³/mol. The van der Waals surface area contributed by atoms with E-state index in [9.17, 15) is 66.1 Å². The molecule has 20 heteroatoms. The highest BCUT2D eigenvalue weighted by Gasteiger charge is 2.53. The second kappa shape index (κ2) is 18.5. The third-order valence-corrected chi connectivity index (χ3v) is 9.37. The van der Waals surface area contributed by atoms with E-state index in [2.05, 4.69) is 0 Å². The van der Waals surface area contributed by atoms with Crippen molar-refractivity contribution in [1.29, 1.82) is 0 Å². The van der Waals surface area contributed by atoms with Crippen molar-refractivity contribution in [2.75, 3.05) is 19.8 Å². The van der Waals surface area contributed by atoms with Gasteiger partial charge in [0.15, 0.2) is 54.1 Å². The SMILES string of the molecule is CC1OC(OC2C(OCCc3ccc(O)c(O)c3)OC(COC3OC(CO)C(O)C(O)C3O)C(O)C2OC(=O)C=Cc2ccc(O)c(O)c2)C(O)C(O)C1O. The van der Waals surface area contributed by atoms with Crippen molar-refractivity contribution < 1.29 is 99.2 Å².